The summed E-state index contributed by atoms with van der Waals surface area (Å²) in [6.45, 7) is 2.41. The summed E-state index contributed by atoms with van der Waals surface area (Å²) < 4.78 is 0.563. The number of non-ortho nitro benzene ring substituents is 1. The molecule has 1 aromatic carbocycles. The molecular weight excluding hydrogens is 392 g/mol. The number of nitro groups is 1. The van der Waals surface area contributed by atoms with E-state index in [1.54, 1.807) is 12.1 Å². The zero-order valence-corrected chi connectivity index (χ0v) is 16.1. The number of nitro benzene ring substituents is 1. The standard InChI is InChI=1S/C16H14N4O3S3/c1-9-6-12-14(21)18-13(19-15(12)26-9)8-25-16(24)17-7-10-2-4-11(5-3-10)20(22)23/h2-6H,7-8H2,1H3,(H,17,24)(H,18,19,21). The largest absolute Gasteiger partial charge is 0.367 e. The van der Waals surface area contributed by atoms with E-state index in [1.165, 1.54) is 35.2 Å². The lowest BCUT2D eigenvalue weighted by Gasteiger charge is -2.07. The molecule has 0 aliphatic rings. The minimum absolute atomic E-state index is 0.0555. The van der Waals surface area contributed by atoms with Crippen LogP contribution in [0.3, 0.4) is 0 Å². The lowest BCUT2D eigenvalue weighted by atomic mass is 10.2. The highest BCUT2D eigenvalue weighted by Crippen LogP contribution is 2.21. The van der Waals surface area contributed by atoms with Crippen LogP contribution in [0.1, 0.15) is 16.3 Å². The average molecular weight is 407 g/mol. The van der Waals surface area contributed by atoms with E-state index < -0.39 is 4.92 Å². The fraction of sp³-hybridized carbons (Fsp3) is 0.188. The number of aromatic amines is 1. The Hall–Kier alpha value is -2.30. The maximum absolute atomic E-state index is 12.0. The molecule has 0 spiro atoms. The lowest BCUT2D eigenvalue weighted by molar-refractivity contribution is -0.384. The van der Waals surface area contributed by atoms with E-state index in [0.29, 0.717) is 27.8 Å². The quantitative estimate of drug-likeness (QED) is 0.380. The molecule has 0 saturated heterocycles. The summed E-state index contributed by atoms with van der Waals surface area (Å²) in [6, 6.07) is 8.12. The van der Waals surface area contributed by atoms with Crippen molar-refractivity contribution in [2.24, 2.45) is 0 Å². The van der Waals surface area contributed by atoms with Gasteiger partial charge in [0.25, 0.3) is 11.2 Å². The Bertz CT molecular complexity index is 1030. The van der Waals surface area contributed by atoms with Gasteiger partial charge in [-0.2, -0.15) is 0 Å². The molecule has 2 heterocycles. The van der Waals surface area contributed by atoms with Gasteiger partial charge in [-0.05, 0) is 18.6 Å². The lowest BCUT2D eigenvalue weighted by Crippen LogP contribution is -2.18. The van der Waals surface area contributed by atoms with E-state index in [2.05, 4.69) is 15.3 Å². The molecule has 3 rings (SSSR count). The van der Waals surface area contributed by atoms with E-state index >= 15 is 0 Å². The van der Waals surface area contributed by atoms with E-state index in [0.717, 1.165) is 15.3 Å². The molecule has 10 heteroatoms. The van der Waals surface area contributed by atoms with Crippen LogP contribution in [0.2, 0.25) is 0 Å². The number of hydrogen-bond acceptors (Lipinski definition) is 7. The van der Waals surface area contributed by atoms with E-state index in [-0.39, 0.29) is 11.2 Å². The van der Waals surface area contributed by atoms with Crippen molar-refractivity contribution in [2.75, 3.05) is 0 Å². The van der Waals surface area contributed by atoms with Crippen molar-refractivity contribution in [1.82, 2.24) is 15.3 Å². The molecule has 7 nitrogen and oxygen atoms in total. The van der Waals surface area contributed by atoms with E-state index in [4.69, 9.17) is 12.2 Å². The summed E-state index contributed by atoms with van der Waals surface area (Å²) in [7, 11) is 0. The third-order valence-corrected chi connectivity index (χ3v) is 5.77. The number of thiophene rings is 1. The first-order chi connectivity index (χ1) is 12.4. The normalized spacial score (nSPS) is 10.8. The Morgan fingerprint density at radius 2 is 2.15 bits per heavy atom. The summed E-state index contributed by atoms with van der Waals surface area (Å²) in [5.74, 6) is 1.03. The van der Waals surface area contributed by atoms with Crippen molar-refractivity contribution in [3.05, 3.63) is 67.1 Å². The maximum atomic E-state index is 12.0. The summed E-state index contributed by atoms with van der Waals surface area (Å²) in [5, 5.41) is 14.3. The van der Waals surface area contributed by atoms with Crippen molar-refractivity contribution in [3.63, 3.8) is 0 Å². The second-order valence-corrected chi connectivity index (χ2v) is 8.33. The van der Waals surface area contributed by atoms with Gasteiger partial charge in [0.1, 0.15) is 15.0 Å². The summed E-state index contributed by atoms with van der Waals surface area (Å²) in [6.07, 6.45) is 0. The third kappa shape index (κ3) is 4.45. The van der Waals surface area contributed by atoms with Gasteiger partial charge < -0.3 is 10.3 Å². The molecule has 0 fully saturated rings. The van der Waals surface area contributed by atoms with Crippen molar-refractivity contribution in [2.45, 2.75) is 19.2 Å². The van der Waals surface area contributed by atoms with Gasteiger partial charge in [0.2, 0.25) is 0 Å². The monoisotopic (exact) mass is 406 g/mol. The molecular formula is C16H14N4O3S3. The van der Waals surface area contributed by atoms with E-state index in [1.807, 2.05) is 13.0 Å². The van der Waals surface area contributed by atoms with Gasteiger partial charge in [0.05, 0.1) is 16.1 Å². The summed E-state index contributed by atoms with van der Waals surface area (Å²) in [5.41, 5.74) is 0.806. The molecule has 134 valence electrons. The van der Waals surface area contributed by atoms with E-state index in [9.17, 15) is 14.9 Å². The van der Waals surface area contributed by atoms with Crippen LogP contribution < -0.4 is 10.9 Å². The Kier molecular flexibility index (Phi) is 5.64. The Morgan fingerprint density at radius 1 is 1.42 bits per heavy atom. The second-order valence-electron chi connectivity index (χ2n) is 5.44. The minimum atomic E-state index is -0.433. The molecule has 3 aromatic rings. The zero-order valence-electron chi connectivity index (χ0n) is 13.6. The summed E-state index contributed by atoms with van der Waals surface area (Å²) in [4.78, 5) is 31.3. The van der Waals surface area contributed by atoms with Gasteiger partial charge in [0.15, 0.2) is 0 Å². The number of nitrogens with one attached hydrogen (secondary N) is 2. The maximum Gasteiger partial charge on any atom is 0.269 e. The molecule has 0 bridgehead atoms. The molecule has 0 saturated carbocycles. The van der Waals surface area contributed by atoms with Gasteiger partial charge in [-0.3, -0.25) is 14.9 Å². The number of rotatable bonds is 5. The van der Waals surface area contributed by atoms with Crippen LogP contribution in [-0.4, -0.2) is 19.2 Å². The van der Waals surface area contributed by atoms with Crippen LogP contribution >= 0.6 is 35.3 Å². The molecule has 0 radical (unpaired) electrons. The first kappa shape index (κ1) is 18.5. The predicted octanol–water partition coefficient (Wildman–Crippen LogP) is 3.51. The number of nitrogens with zero attached hydrogens (tertiary/aromatic N) is 2. The molecule has 0 atom stereocenters. The van der Waals surface area contributed by atoms with Crippen LogP contribution in [-0.2, 0) is 12.3 Å². The van der Waals surface area contributed by atoms with Crippen molar-refractivity contribution in [1.29, 1.82) is 0 Å². The van der Waals surface area contributed by atoms with Gasteiger partial charge in [-0.1, -0.05) is 36.1 Å². The first-order valence-electron chi connectivity index (χ1n) is 7.55. The molecule has 0 unspecified atom stereocenters. The number of aryl methyl sites for hydroxylation is 1. The number of hydrogen-bond donors (Lipinski definition) is 2. The summed E-state index contributed by atoms with van der Waals surface area (Å²) >= 11 is 8.13. The third-order valence-electron chi connectivity index (χ3n) is 3.50. The number of H-pyrrole nitrogens is 1. The van der Waals surface area contributed by atoms with Crippen LogP contribution in [0, 0.1) is 17.0 Å². The molecule has 2 aromatic heterocycles. The number of thiocarbonyl (C=S) groups is 1. The average Bonchev–Trinajstić information content (AvgIpc) is 2.99. The minimum Gasteiger partial charge on any atom is -0.367 e. The molecule has 0 aliphatic carbocycles. The van der Waals surface area contributed by atoms with Crippen molar-refractivity contribution >= 4 is 55.5 Å². The molecule has 0 amide bonds. The topological polar surface area (TPSA) is 101 Å². The number of benzene rings is 1. The van der Waals surface area contributed by atoms with Gasteiger partial charge in [0, 0.05) is 23.6 Å². The molecule has 26 heavy (non-hydrogen) atoms. The highest BCUT2D eigenvalue weighted by atomic mass is 32.2. The Labute approximate surface area is 162 Å². The van der Waals surface area contributed by atoms with Gasteiger partial charge in [-0.15, -0.1) is 11.3 Å². The Balaban J connectivity index is 1.55. The fourth-order valence-electron chi connectivity index (χ4n) is 2.26. The van der Waals surface area contributed by atoms with Gasteiger partial charge in [-0.25, -0.2) is 4.98 Å². The van der Waals surface area contributed by atoms with Crippen molar-refractivity contribution in [3.8, 4) is 0 Å². The second kappa shape index (κ2) is 7.94. The first-order valence-corrected chi connectivity index (χ1v) is 9.76. The fourth-order valence-corrected chi connectivity index (χ4v) is 3.99. The highest BCUT2D eigenvalue weighted by Gasteiger charge is 2.09. The smallest absolute Gasteiger partial charge is 0.269 e. The number of thioether (sulfide) groups is 1. The van der Waals surface area contributed by atoms with Crippen LogP contribution in [0.25, 0.3) is 10.2 Å². The van der Waals surface area contributed by atoms with Crippen LogP contribution in [0.4, 0.5) is 5.69 Å². The predicted molar refractivity (Wildman–Crippen MR) is 109 cm³/mol. The SMILES string of the molecule is Cc1cc2c(=O)[nH]c(CSC(=S)NCc3ccc([N+](=O)[O-])cc3)nc2s1. The van der Waals surface area contributed by atoms with Crippen LogP contribution in [0.5, 0.6) is 0 Å². The highest BCUT2D eigenvalue weighted by molar-refractivity contribution is 8.22. The van der Waals surface area contributed by atoms with Crippen molar-refractivity contribution < 1.29 is 4.92 Å². The molecule has 0 aliphatic heterocycles. The zero-order chi connectivity index (χ0) is 18.7. The Morgan fingerprint density at radius 3 is 2.85 bits per heavy atom. The van der Waals surface area contributed by atoms with Gasteiger partial charge >= 0.3 is 0 Å². The number of fused-ring (bicyclic) bond motifs is 1. The number of aromatic nitrogens is 2. The van der Waals surface area contributed by atoms with Crippen LogP contribution in [0.15, 0.2) is 35.1 Å². The molecule has 2 N–H and O–H groups in total.